The highest BCUT2D eigenvalue weighted by atomic mass is 35.5. The van der Waals surface area contributed by atoms with Gasteiger partial charge in [0.1, 0.15) is 17.7 Å². The number of fused-ring (bicyclic) bond motifs is 2. The number of ether oxygens (including phenoxy) is 1. The Hall–Kier alpha value is -5.29. The van der Waals surface area contributed by atoms with Gasteiger partial charge in [0.15, 0.2) is 5.82 Å². The van der Waals surface area contributed by atoms with Crippen LogP contribution in [0.4, 0.5) is 24.5 Å². The van der Waals surface area contributed by atoms with Crippen LogP contribution in [0, 0.1) is 0 Å². The van der Waals surface area contributed by atoms with E-state index in [-0.39, 0.29) is 28.9 Å². The van der Waals surface area contributed by atoms with E-state index in [1.54, 1.807) is 33.3 Å². The number of halogens is 4. The van der Waals surface area contributed by atoms with Crippen LogP contribution in [0.5, 0.6) is 0 Å². The Kier molecular flexibility index (Phi) is 9.01. The summed E-state index contributed by atoms with van der Waals surface area (Å²) in [6.07, 6.45) is -1.91. The van der Waals surface area contributed by atoms with E-state index in [9.17, 15) is 27.6 Å². The molecule has 0 aliphatic carbocycles. The van der Waals surface area contributed by atoms with Crippen LogP contribution in [0.25, 0.3) is 22.4 Å². The highest BCUT2D eigenvalue weighted by Gasteiger charge is 2.32. The van der Waals surface area contributed by atoms with Gasteiger partial charge in [0.2, 0.25) is 11.7 Å². The summed E-state index contributed by atoms with van der Waals surface area (Å²) in [7, 11) is 1.75. The summed E-state index contributed by atoms with van der Waals surface area (Å²) in [6.45, 7) is 3.55. The number of nitrogens with one attached hydrogen (secondary N) is 1. The number of hydrogen-bond acceptors (Lipinski definition) is 9. The normalized spacial score (nSPS) is 15.5. The first-order chi connectivity index (χ1) is 24.4. The van der Waals surface area contributed by atoms with Gasteiger partial charge in [0, 0.05) is 33.2 Å². The van der Waals surface area contributed by atoms with Gasteiger partial charge in [-0.3, -0.25) is 14.4 Å². The number of benzene rings is 2. The molecule has 1 saturated heterocycles. The van der Waals surface area contributed by atoms with Crippen LogP contribution in [0.15, 0.2) is 47.3 Å². The van der Waals surface area contributed by atoms with E-state index in [2.05, 4.69) is 25.7 Å². The molecule has 2 amide bonds. The topological polar surface area (TPSA) is 145 Å². The predicted octanol–water partition coefficient (Wildman–Crippen LogP) is 3.81. The molecule has 2 aromatic carbocycles. The quantitative estimate of drug-likeness (QED) is 0.265. The van der Waals surface area contributed by atoms with Gasteiger partial charge in [-0.15, -0.1) is 10.2 Å². The summed E-state index contributed by atoms with van der Waals surface area (Å²) in [5, 5.41) is 15.1. The van der Waals surface area contributed by atoms with E-state index in [1.807, 2.05) is 24.0 Å². The molecule has 0 saturated carbocycles. The Bertz CT molecular complexity index is 2270. The maximum atomic E-state index is 14.2. The molecule has 0 spiro atoms. The van der Waals surface area contributed by atoms with E-state index < -0.39 is 23.2 Å². The molecule has 2 aliphatic heterocycles. The SMILES string of the molecule is CCc1c(N2CCN(C(=O)c3cccc4c3nnn4C)CC2)c(=O)n2nc(C3=CCOCC3)nc2n1CC(=O)Nc1ccc(C(F)(F)F)cc1Cl. The van der Waals surface area contributed by atoms with Crippen molar-refractivity contribution in [1.82, 2.24) is 39.1 Å². The Morgan fingerprint density at radius 1 is 1.10 bits per heavy atom. The average Bonchev–Trinajstić information content (AvgIpc) is 3.74. The number of aromatic nitrogens is 7. The van der Waals surface area contributed by atoms with Crippen molar-refractivity contribution in [2.75, 3.05) is 49.6 Å². The maximum absolute atomic E-state index is 14.2. The van der Waals surface area contributed by atoms with Crippen LogP contribution in [0.1, 0.15) is 40.8 Å². The number of anilines is 2. The van der Waals surface area contributed by atoms with Crippen LogP contribution in [-0.2, 0) is 35.7 Å². The zero-order valence-electron chi connectivity index (χ0n) is 27.6. The highest BCUT2D eigenvalue weighted by Crippen LogP contribution is 2.34. The monoisotopic (exact) mass is 724 g/mol. The van der Waals surface area contributed by atoms with Crippen molar-refractivity contribution >= 4 is 57.2 Å². The van der Waals surface area contributed by atoms with Gasteiger partial charge < -0.3 is 24.4 Å². The smallest absolute Gasteiger partial charge is 0.377 e. The fourth-order valence-electron chi connectivity index (χ4n) is 6.46. The Morgan fingerprint density at radius 2 is 1.88 bits per heavy atom. The molecule has 3 aromatic heterocycles. The molecule has 0 unspecified atom stereocenters. The largest absolute Gasteiger partial charge is 0.416 e. The van der Waals surface area contributed by atoms with Gasteiger partial charge in [-0.05, 0) is 48.7 Å². The molecule has 14 nitrogen and oxygen atoms in total. The first kappa shape index (κ1) is 34.2. The second kappa shape index (κ2) is 13.4. The lowest BCUT2D eigenvalue weighted by Gasteiger charge is -2.36. The van der Waals surface area contributed by atoms with Gasteiger partial charge in [-0.2, -0.15) is 22.7 Å². The van der Waals surface area contributed by atoms with E-state index in [0.717, 1.165) is 29.3 Å². The second-order valence-electron chi connectivity index (χ2n) is 12.1. The van der Waals surface area contributed by atoms with Gasteiger partial charge in [0.05, 0.1) is 46.3 Å². The summed E-state index contributed by atoms with van der Waals surface area (Å²) >= 11 is 6.13. The number of rotatable bonds is 7. The van der Waals surface area contributed by atoms with Gasteiger partial charge in [-0.25, -0.2) is 4.68 Å². The summed E-state index contributed by atoms with van der Waals surface area (Å²) in [4.78, 5) is 49.6. The van der Waals surface area contributed by atoms with E-state index in [4.69, 9.17) is 16.3 Å². The number of carbonyl (C=O) groups is 2. The van der Waals surface area contributed by atoms with E-state index in [0.29, 0.717) is 80.5 Å². The van der Waals surface area contributed by atoms with Crippen molar-refractivity contribution in [3.05, 3.63) is 80.5 Å². The molecule has 18 heteroatoms. The summed E-state index contributed by atoms with van der Waals surface area (Å²) < 4.78 is 49.4. The molecule has 5 heterocycles. The number of amides is 2. The molecule has 0 radical (unpaired) electrons. The number of carbonyl (C=O) groups excluding carboxylic acids is 2. The zero-order valence-corrected chi connectivity index (χ0v) is 28.3. The number of hydrogen-bond donors (Lipinski definition) is 1. The molecule has 2 aliphatic rings. The summed E-state index contributed by atoms with van der Waals surface area (Å²) in [5.41, 5.74) is 1.90. The predicted molar refractivity (Wildman–Crippen MR) is 182 cm³/mol. The molecule has 0 atom stereocenters. The van der Waals surface area contributed by atoms with Crippen molar-refractivity contribution in [2.45, 2.75) is 32.5 Å². The number of alkyl halides is 3. The van der Waals surface area contributed by atoms with Gasteiger partial charge in [0.25, 0.3) is 11.5 Å². The van der Waals surface area contributed by atoms with Crippen LogP contribution in [0.3, 0.4) is 0 Å². The Labute approximate surface area is 293 Å². The Balaban J connectivity index is 1.22. The molecule has 1 N–H and O–H groups in total. The lowest BCUT2D eigenvalue weighted by Crippen LogP contribution is -2.51. The number of aryl methyl sites for hydroxylation is 1. The fourth-order valence-corrected chi connectivity index (χ4v) is 6.68. The Morgan fingerprint density at radius 3 is 2.57 bits per heavy atom. The molecular weight excluding hydrogens is 693 g/mol. The number of piperazine rings is 1. The third-order valence-corrected chi connectivity index (χ3v) is 9.35. The number of nitrogens with zero attached hydrogens (tertiary/aromatic N) is 9. The third-order valence-electron chi connectivity index (χ3n) is 9.04. The van der Waals surface area contributed by atoms with Crippen molar-refractivity contribution < 1.29 is 27.5 Å². The van der Waals surface area contributed by atoms with Gasteiger partial charge >= 0.3 is 6.18 Å². The van der Waals surface area contributed by atoms with Crippen molar-refractivity contribution in [3.63, 3.8) is 0 Å². The molecule has 0 bridgehead atoms. The zero-order chi connectivity index (χ0) is 36.0. The fraction of sp³-hybridized carbons (Fsp3) is 0.364. The molecule has 266 valence electrons. The van der Waals surface area contributed by atoms with Crippen molar-refractivity contribution in [3.8, 4) is 0 Å². The molecule has 5 aromatic rings. The van der Waals surface area contributed by atoms with Crippen LogP contribution in [-0.4, -0.2) is 90.3 Å². The lowest BCUT2D eigenvalue weighted by atomic mass is 10.1. The van der Waals surface area contributed by atoms with Crippen molar-refractivity contribution in [2.24, 2.45) is 7.05 Å². The lowest BCUT2D eigenvalue weighted by molar-refractivity contribution is -0.137. The summed E-state index contributed by atoms with van der Waals surface area (Å²) in [6, 6.07) is 8.00. The maximum Gasteiger partial charge on any atom is 0.416 e. The van der Waals surface area contributed by atoms with Crippen LogP contribution >= 0.6 is 11.6 Å². The van der Waals surface area contributed by atoms with Crippen LogP contribution in [0.2, 0.25) is 5.02 Å². The second-order valence-corrected chi connectivity index (χ2v) is 12.6. The van der Waals surface area contributed by atoms with Crippen molar-refractivity contribution in [1.29, 1.82) is 0 Å². The first-order valence-electron chi connectivity index (χ1n) is 16.2. The minimum Gasteiger partial charge on any atom is -0.377 e. The summed E-state index contributed by atoms with van der Waals surface area (Å²) in [5.74, 6) is -0.356. The first-order valence-corrected chi connectivity index (χ1v) is 16.6. The van der Waals surface area contributed by atoms with E-state index >= 15 is 0 Å². The molecule has 7 rings (SSSR count). The van der Waals surface area contributed by atoms with Gasteiger partial charge in [-0.1, -0.05) is 35.9 Å². The molecular formula is C33H32ClF3N10O4. The van der Waals surface area contributed by atoms with Crippen LogP contribution < -0.4 is 15.8 Å². The average molecular weight is 725 g/mol. The molecule has 1 fully saturated rings. The highest BCUT2D eigenvalue weighted by molar-refractivity contribution is 6.33. The third kappa shape index (κ3) is 6.42. The standard InChI is InChI=1S/C33H32ClF3N10O4/c1-3-24-28(44-11-13-45(14-12-44)30(49)21-5-4-6-25-27(21)40-42-43(25)2)31(50)47-32(39-29(41-47)19-9-15-51-16-10-19)46(24)18-26(48)38-23-8-7-20(17-22(23)34)33(35,36)37/h4-9,17H,3,10-16,18H2,1-2H3,(H,38,48). The minimum atomic E-state index is -4.60. The molecule has 51 heavy (non-hydrogen) atoms. The minimum absolute atomic E-state index is 0.00233. The van der Waals surface area contributed by atoms with E-state index in [1.165, 1.54) is 4.52 Å².